The fourth-order valence-corrected chi connectivity index (χ4v) is 2.11. The second-order valence-corrected chi connectivity index (χ2v) is 5.72. The van der Waals surface area contributed by atoms with E-state index in [9.17, 15) is 9.18 Å². The Balaban J connectivity index is 2.04. The predicted molar refractivity (Wildman–Crippen MR) is 87.6 cm³/mol. The summed E-state index contributed by atoms with van der Waals surface area (Å²) in [4.78, 5) is 12.1. The zero-order valence-electron chi connectivity index (χ0n) is 10.9. The van der Waals surface area contributed by atoms with E-state index in [-0.39, 0.29) is 17.4 Å². The number of amides is 1. The Hall–Kier alpha value is -1.79. The van der Waals surface area contributed by atoms with E-state index in [0.717, 1.165) is 4.47 Å². The van der Waals surface area contributed by atoms with Gasteiger partial charge in [-0.3, -0.25) is 4.79 Å². The van der Waals surface area contributed by atoms with Crippen LogP contribution in [0.25, 0.3) is 0 Å². The van der Waals surface area contributed by atoms with Crippen LogP contribution in [0.2, 0.25) is 0 Å². The van der Waals surface area contributed by atoms with Gasteiger partial charge < -0.3 is 11.1 Å². The van der Waals surface area contributed by atoms with Gasteiger partial charge in [0, 0.05) is 27.7 Å². The first kappa shape index (κ1) is 15.6. The highest BCUT2D eigenvalue weighted by Gasteiger charge is 2.08. The third-order valence-corrected chi connectivity index (χ3v) is 3.65. The Kier molecular flexibility index (Phi) is 5.03. The highest BCUT2D eigenvalue weighted by molar-refractivity contribution is 9.10. The minimum absolute atomic E-state index is 0.0956. The highest BCUT2D eigenvalue weighted by atomic mass is 79.9. The van der Waals surface area contributed by atoms with Gasteiger partial charge in [0.25, 0.3) is 5.91 Å². The van der Waals surface area contributed by atoms with Gasteiger partial charge in [0.05, 0.1) is 0 Å². The number of hydrogen-bond donors (Lipinski definition) is 2. The van der Waals surface area contributed by atoms with Crippen LogP contribution in [-0.4, -0.2) is 10.9 Å². The molecule has 0 aliphatic heterocycles. The maximum atomic E-state index is 13.8. The molecule has 108 valence electrons. The summed E-state index contributed by atoms with van der Waals surface area (Å²) in [6.07, 6.45) is 0. The maximum Gasteiger partial charge on any atom is 0.251 e. The van der Waals surface area contributed by atoms with Crippen molar-refractivity contribution < 1.29 is 9.18 Å². The topological polar surface area (TPSA) is 55.1 Å². The van der Waals surface area contributed by atoms with E-state index in [0.29, 0.717) is 16.7 Å². The quantitative estimate of drug-likeness (QED) is 0.817. The highest BCUT2D eigenvalue weighted by Crippen LogP contribution is 2.12. The van der Waals surface area contributed by atoms with Gasteiger partial charge in [-0.25, -0.2) is 4.39 Å². The molecule has 0 fully saturated rings. The Bertz CT molecular complexity index is 689. The van der Waals surface area contributed by atoms with E-state index in [4.69, 9.17) is 18.0 Å². The molecule has 21 heavy (non-hydrogen) atoms. The molecule has 3 N–H and O–H groups in total. The summed E-state index contributed by atoms with van der Waals surface area (Å²) in [7, 11) is 0. The van der Waals surface area contributed by atoms with Crippen LogP contribution >= 0.6 is 28.1 Å². The molecule has 0 aliphatic carbocycles. The van der Waals surface area contributed by atoms with Crippen LogP contribution in [0.4, 0.5) is 4.39 Å². The number of nitrogens with one attached hydrogen (secondary N) is 1. The number of rotatable bonds is 4. The molecule has 2 aromatic carbocycles. The van der Waals surface area contributed by atoms with Crippen molar-refractivity contribution in [2.45, 2.75) is 6.54 Å². The molecular weight excluding hydrogens is 355 g/mol. The molecule has 0 atom stereocenters. The number of benzene rings is 2. The molecule has 3 nitrogen and oxygen atoms in total. The van der Waals surface area contributed by atoms with Crippen LogP contribution in [-0.2, 0) is 6.54 Å². The number of hydrogen-bond acceptors (Lipinski definition) is 2. The van der Waals surface area contributed by atoms with Crippen LogP contribution in [0.5, 0.6) is 0 Å². The Morgan fingerprint density at radius 2 is 1.81 bits per heavy atom. The Labute approximate surface area is 135 Å². The van der Waals surface area contributed by atoms with Crippen LogP contribution in [0.3, 0.4) is 0 Å². The first-order valence-corrected chi connectivity index (χ1v) is 7.29. The van der Waals surface area contributed by atoms with Crippen LogP contribution in [0, 0.1) is 5.82 Å². The Morgan fingerprint density at radius 1 is 1.19 bits per heavy atom. The molecule has 0 saturated heterocycles. The summed E-state index contributed by atoms with van der Waals surface area (Å²) in [6.45, 7) is 0.0956. The summed E-state index contributed by atoms with van der Waals surface area (Å²) in [5.41, 5.74) is 6.79. The summed E-state index contributed by atoms with van der Waals surface area (Å²) in [5.74, 6) is -0.711. The van der Waals surface area contributed by atoms with Crippen molar-refractivity contribution in [3.63, 3.8) is 0 Å². The van der Waals surface area contributed by atoms with Crippen LogP contribution in [0.1, 0.15) is 21.5 Å². The van der Waals surface area contributed by atoms with Gasteiger partial charge in [-0.05, 0) is 30.3 Å². The summed E-state index contributed by atoms with van der Waals surface area (Å²) < 4.78 is 14.7. The van der Waals surface area contributed by atoms with Gasteiger partial charge in [-0.1, -0.05) is 40.3 Å². The van der Waals surface area contributed by atoms with Gasteiger partial charge in [0.2, 0.25) is 0 Å². The minimum atomic E-state index is -0.448. The van der Waals surface area contributed by atoms with Crippen molar-refractivity contribution in [1.29, 1.82) is 0 Å². The summed E-state index contributed by atoms with van der Waals surface area (Å²) in [6, 6.07) is 11.4. The largest absolute Gasteiger partial charge is 0.389 e. The third-order valence-electron chi connectivity index (χ3n) is 2.88. The molecule has 6 heteroatoms. The molecule has 0 bridgehead atoms. The SMILES string of the molecule is NC(=S)c1ccc(CNC(=O)c2ccc(Br)cc2)c(F)c1. The van der Waals surface area contributed by atoms with E-state index >= 15 is 0 Å². The lowest BCUT2D eigenvalue weighted by molar-refractivity contribution is 0.0950. The molecule has 2 rings (SSSR count). The first-order chi connectivity index (χ1) is 9.97. The van der Waals surface area contributed by atoms with Gasteiger partial charge >= 0.3 is 0 Å². The lowest BCUT2D eigenvalue weighted by Gasteiger charge is -2.08. The number of thiocarbonyl (C=S) groups is 1. The maximum absolute atomic E-state index is 13.8. The fraction of sp³-hybridized carbons (Fsp3) is 0.0667. The molecule has 0 unspecified atom stereocenters. The normalized spacial score (nSPS) is 10.2. The van der Waals surface area contributed by atoms with Crippen molar-refractivity contribution in [2.75, 3.05) is 0 Å². The first-order valence-electron chi connectivity index (χ1n) is 6.09. The second-order valence-electron chi connectivity index (χ2n) is 4.36. The Morgan fingerprint density at radius 3 is 2.38 bits per heavy atom. The van der Waals surface area contributed by atoms with E-state index in [1.54, 1.807) is 36.4 Å². The monoisotopic (exact) mass is 366 g/mol. The lowest BCUT2D eigenvalue weighted by Crippen LogP contribution is -2.23. The van der Waals surface area contributed by atoms with Gasteiger partial charge in [-0.2, -0.15) is 0 Å². The molecule has 0 saturated carbocycles. The summed E-state index contributed by atoms with van der Waals surface area (Å²) >= 11 is 8.08. The predicted octanol–water partition coefficient (Wildman–Crippen LogP) is 3.15. The van der Waals surface area contributed by atoms with Crippen molar-refractivity contribution in [3.8, 4) is 0 Å². The average Bonchev–Trinajstić information content (AvgIpc) is 2.46. The van der Waals surface area contributed by atoms with E-state index in [1.165, 1.54) is 6.07 Å². The standard InChI is InChI=1S/C15H12BrFN2OS/c16-12-5-3-9(4-6-12)15(20)19-8-11-2-1-10(14(18)21)7-13(11)17/h1-7H,8H2,(H2,18,21)(H,19,20). The van der Waals surface area contributed by atoms with Crippen LogP contribution in [0.15, 0.2) is 46.9 Å². The number of carbonyl (C=O) groups is 1. The van der Waals surface area contributed by atoms with Gasteiger partial charge in [0.15, 0.2) is 0 Å². The molecule has 0 heterocycles. The second kappa shape index (κ2) is 6.78. The molecule has 0 aliphatic rings. The van der Waals surface area contributed by atoms with Crippen LogP contribution < -0.4 is 11.1 Å². The van der Waals surface area contributed by atoms with Gasteiger partial charge in [0.1, 0.15) is 10.8 Å². The molecule has 0 radical (unpaired) electrons. The number of carbonyl (C=O) groups excluding carboxylic acids is 1. The summed E-state index contributed by atoms with van der Waals surface area (Å²) in [5, 5.41) is 2.67. The number of halogens is 2. The van der Waals surface area contributed by atoms with Crippen molar-refractivity contribution >= 4 is 39.0 Å². The molecule has 2 aromatic rings. The van der Waals surface area contributed by atoms with Crippen molar-refractivity contribution in [1.82, 2.24) is 5.32 Å². The molecular formula is C15H12BrFN2OS. The zero-order chi connectivity index (χ0) is 15.4. The molecule has 1 amide bonds. The average molecular weight is 367 g/mol. The fourth-order valence-electron chi connectivity index (χ4n) is 1.72. The molecule has 0 spiro atoms. The smallest absolute Gasteiger partial charge is 0.251 e. The van der Waals surface area contributed by atoms with Crippen molar-refractivity contribution in [3.05, 3.63) is 69.4 Å². The lowest BCUT2D eigenvalue weighted by atomic mass is 10.1. The zero-order valence-corrected chi connectivity index (χ0v) is 13.3. The van der Waals surface area contributed by atoms with Crippen molar-refractivity contribution in [2.24, 2.45) is 5.73 Å². The minimum Gasteiger partial charge on any atom is -0.389 e. The van der Waals surface area contributed by atoms with E-state index in [2.05, 4.69) is 21.2 Å². The van der Waals surface area contributed by atoms with E-state index < -0.39 is 5.82 Å². The number of nitrogens with two attached hydrogens (primary N) is 1. The van der Waals surface area contributed by atoms with E-state index in [1.807, 2.05) is 0 Å². The van der Waals surface area contributed by atoms with Gasteiger partial charge in [-0.15, -0.1) is 0 Å². The third kappa shape index (κ3) is 4.09. The molecule has 0 aromatic heterocycles.